The number of rotatable bonds is 5. The third kappa shape index (κ3) is 3.51. The maximum absolute atomic E-state index is 4.50. The number of pyridine rings is 1. The number of nitrogens with zero attached hydrogens (tertiary/aromatic N) is 3. The third-order valence-electron chi connectivity index (χ3n) is 2.79. The van der Waals surface area contributed by atoms with Gasteiger partial charge < -0.3 is 4.90 Å². The molecule has 15 heavy (non-hydrogen) atoms. The third-order valence-corrected chi connectivity index (χ3v) is 2.79. The lowest BCUT2D eigenvalue weighted by Gasteiger charge is -2.13. The van der Waals surface area contributed by atoms with Crippen LogP contribution in [0.3, 0.4) is 0 Å². The zero-order valence-electron chi connectivity index (χ0n) is 9.10. The first kappa shape index (κ1) is 10.4. The highest BCUT2D eigenvalue weighted by Crippen LogP contribution is 2.08. The average molecular weight is 204 g/mol. The Morgan fingerprint density at radius 2 is 1.93 bits per heavy atom. The van der Waals surface area contributed by atoms with Gasteiger partial charge in [0.05, 0.1) is 5.69 Å². The van der Waals surface area contributed by atoms with Crippen molar-refractivity contribution in [3.63, 3.8) is 0 Å². The van der Waals surface area contributed by atoms with Gasteiger partial charge >= 0.3 is 0 Å². The molecule has 1 saturated heterocycles. The highest BCUT2D eigenvalue weighted by molar-refractivity contribution is 5.31. The van der Waals surface area contributed by atoms with Crippen LogP contribution in [0.1, 0.15) is 19.3 Å². The summed E-state index contributed by atoms with van der Waals surface area (Å²) in [4.78, 5) is 6.50. The monoisotopic (exact) mass is 204 g/mol. The van der Waals surface area contributed by atoms with E-state index in [1.165, 1.54) is 38.9 Å². The molecule has 1 aliphatic rings. The molecular formula is C12H18N3. The van der Waals surface area contributed by atoms with Crippen molar-refractivity contribution in [1.82, 2.24) is 15.2 Å². The Balaban J connectivity index is 1.59. The van der Waals surface area contributed by atoms with Crippen LogP contribution >= 0.6 is 0 Å². The molecule has 0 spiro atoms. The van der Waals surface area contributed by atoms with E-state index in [4.69, 9.17) is 0 Å². The van der Waals surface area contributed by atoms with Crippen LogP contribution in [0.15, 0.2) is 24.5 Å². The van der Waals surface area contributed by atoms with Crippen molar-refractivity contribution in [3.8, 4) is 0 Å². The Morgan fingerprint density at radius 1 is 1.20 bits per heavy atom. The normalized spacial score (nSPS) is 16.8. The summed E-state index contributed by atoms with van der Waals surface area (Å²) in [5.74, 6) is 0. The molecule has 1 radical (unpaired) electrons. The van der Waals surface area contributed by atoms with E-state index < -0.39 is 0 Å². The quantitative estimate of drug-likeness (QED) is 0.685. The van der Waals surface area contributed by atoms with Crippen molar-refractivity contribution < 1.29 is 0 Å². The van der Waals surface area contributed by atoms with Gasteiger partial charge in [-0.3, -0.25) is 10.3 Å². The second-order valence-corrected chi connectivity index (χ2v) is 3.99. The molecule has 1 aliphatic heterocycles. The van der Waals surface area contributed by atoms with Crippen molar-refractivity contribution in [2.24, 2.45) is 0 Å². The van der Waals surface area contributed by atoms with E-state index in [1.54, 1.807) is 12.4 Å². The maximum atomic E-state index is 4.50. The molecule has 0 saturated carbocycles. The van der Waals surface area contributed by atoms with Crippen molar-refractivity contribution in [2.75, 3.05) is 26.2 Å². The summed E-state index contributed by atoms with van der Waals surface area (Å²) >= 11 is 0. The highest BCUT2D eigenvalue weighted by Gasteiger charge is 2.09. The fourth-order valence-corrected chi connectivity index (χ4v) is 1.96. The van der Waals surface area contributed by atoms with Crippen LogP contribution in [0, 0.1) is 0 Å². The first-order chi connectivity index (χ1) is 7.45. The minimum absolute atomic E-state index is 0.931. The van der Waals surface area contributed by atoms with Crippen LogP contribution in [-0.4, -0.2) is 36.1 Å². The van der Waals surface area contributed by atoms with Gasteiger partial charge in [-0.2, -0.15) is 0 Å². The highest BCUT2D eigenvalue weighted by atomic mass is 15.1. The summed E-state index contributed by atoms with van der Waals surface area (Å²) in [7, 11) is 0. The Bertz CT molecular complexity index is 267. The van der Waals surface area contributed by atoms with Crippen molar-refractivity contribution in [3.05, 3.63) is 24.5 Å². The Hall–Kier alpha value is -1.09. The summed E-state index contributed by atoms with van der Waals surface area (Å²) in [6.45, 7) is 4.71. The molecule has 0 N–H and O–H groups in total. The molecule has 1 aromatic heterocycles. The van der Waals surface area contributed by atoms with Gasteiger partial charge in [0.1, 0.15) is 0 Å². The lowest BCUT2D eigenvalue weighted by Crippen LogP contribution is -2.22. The smallest absolute Gasteiger partial charge is 0.0604 e. The second kappa shape index (κ2) is 5.71. The summed E-state index contributed by atoms with van der Waals surface area (Å²) in [5, 5.41) is 4.50. The fourth-order valence-electron chi connectivity index (χ4n) is 1.96. The number of aromatic nitrogens is 1. The van der Waals surface area contributed by atoms with Gasteiger partial charge in [0, 0.05) is 18.9 Å². The van der Waals surface area contributed by atoms with Crippen LogP contribution in [-0.2, 0) is 0 Å². The lowest BCUT2D eigenvalue weighted by atomic mass is 10.3. The first-order valence-corrected chi connectivity index (χ1v) is 5.75. The summed E-state index contributed by atoms with van der Waals surface area (Å²) in [5.41, 5.74) is 1.05. The van der Waals surface area contributed by atoms with E-state index in [-0.39, 0.29) is 0 Å². The summed E-state index contributed by atoms with van der Waals surface area (Å²) in [6.07, 6.45) is 7.50. The molecule has 0 amide bonds. The molecule has 0 aliphatic carbocycles. The molecule has 0 atom stereocenters. The predicted octanol–water partition coefficient (Wildman–Crippen LogP) is 1.80. The van der Waals surface area contributed by atoms with Gasteiger partial charge in [0.2, 0.25) is 0 Å². The van der Waals surface area contributed by atoms with Crippen molar-refractivity contribution in [1.29, 1.82) is 0 Å². The van der Waals surface area contributed by atoms with E-state index in [9.17, 15) is 0 Å². The Labute approximate surface area is 91.5 Å². The minimum Gasteiger partial charge on any atom is -0.303 e. The van der Waals surface area contributed by atoms with Gasteiger partial charge in [0.15, 0.2) is 0 Å². The van der Waals surface area contributed by atoms with Crippen LogP contribution in [0.4, 0.5) is 5.69 Å². The topological polar surface area (TPSA) is 30.2 Å². The van der Waals surface area contributed by atoms with E-state index in [1.807, 2.05) is 12.1 Å². The number of hydrogen-bond acceptors (Lipinski definition) is 2. The summed E-state index contributed by atoms with van der Waals surface area (Å²) < 4.78 is 0. The molecule has 3 heteroatoms. The molecule has 2 heterocycles. The van der Waals surface area contributed by atoms with E-state index in [0.717, 1.165) is 12.2 Å². The molecule has 0 aromatic carbocycles. The molecule has 3 nitrogen and oxygen atoms in total. The number of likely N-dealkylation sites (tertiary alicyclic amines) is 1. The van der Waals surface area contributed by atoms with Gasteiger partial charge in [-0.15, -0.1) is 0 Å². The van der Waals surface area contributed by atoms with Crippen LogP contribution in [0.2, 0.25) is 0 Å². The molecule has 0 unspecified atom stereocenters. The maximum Gasteiger partial charge on any atom is 0.0604 e. The standard InChI is InChI=1S/C12H18N3/c1-2-10-15(9-1)11-3-6-14-12-4-7-13-8-5-12/h4-5,7-8H,1-3,6,9-11H2. The molecular weight excluding hydrogens is 186 g/mol. The largest absolute Gasteiger partial charge is 0.303 e. The minimum atomic E-state index is 0.931. The van der Waals surface area contributed by atoms with Crippen molar-refractivity contribution in [2.45, 2.75) is 19.3 Å². The average Bonchev–Trinajstić information content (AvgIpc) is 2.79. The molecule has 2 rings (SSSR count). The van der Waals surface area contributed by atoms with Gasteiger partial charge in [-0.05, 0) is 51.0 Å². The Morgan fingerprint density at radius 3 is 2.67 bits per heavy atom. The van der Waals surface area contributed by atoms with Gasteiger partial charge in [-0.1, -0.05) is 0 Å². The lowest BCUT2D eigenvalue weighted by molar-refractivity contribution is 0.333. The summed E-state index contributed by atoms with van der Waals surface area (Å²) in [6, 6.07) is 3.91. The Kier molecular flexibility index (Phi) is 3.97. The second-order valence-electron chi connectivity index (χ2n) is 3.99. The zero-order valence-corrected chi connectivity index (χ0v) is 9.10. The number of hydrogen-bond donors (Lipinski definition) is 0. The van der Waals surface area contributed by atoms with Crippen molar-refractivity contribution >= 4 is 5.69 Å². The molecule has 0 bridgehead atoms. The van der Waals surface area contributed by atoms with Crippen LogP contribution in [0.25, 0.3) is 0 Å². The predicted molar refractivity (Wildman–Crippen MR) is 61.2 cm³/mol. The first-order valence-electron chi connectivity index (χ1n) is 5.75. The van der Waals surface area contributed by atoms with Gasteiger partial charge in [-0.25, -0.2) is 0 Å². The molecule has 1 aromatic rings. The fraction of sp³-hybridized carbons (Fsp3) is 0.583. The van der Waals surface area contributed by atoms with Gasteiger partial charge in [0.25, 0.3) is 0 Å². The SMILES string of the molecule is c1cc([N]CCCN2CCCC2)ccn1. The molecule has 1 fully saturated rings. The van der Waals surface area contributed by atoms with E-state index in [0.29, 0.717) is 0 Å². The van der Waals surface area contributed by atoms with Crippen LogP contribution < -0.4 is 5.32 Å². The van der Waals surface area contributed by atoms with E-state index in [2.05, 4.69) is 15.2 Å². The van der Waals surface area contributed by atoms with E-state index >= 15 is 0 Å². The van der Waals surface area contributed by atoms with Crippen LogP contribution in [0.5, 0.6) is 0 Å². The zero-order chi connectivity index (χ0) is 10.3. The molecule has 81 valence electrons.